The third kappa shape index (κ3) is 55.5. The molecule has 0 bridgehead atoms. The van der Waals surface area contributed by atoms with Gasteiger partial charge in [-0.2, -0.15) is 0 Å². The molecule has 6 heavy (non-hydrogen) atoms. The number of nitrogens with two attached hydrogens (primary N) is 1. The summed E-state index contributed by atoms with van der Waals surface area (Å²) in [6, 6.07) is 0. The predicted molar refractivity (Wildman–Crippen MR) is 33.9 cm³/mol. The number of amides is 1. The van der Waals surface area contributed by atoms with E-state index in [2.05, 4.69) is 29.7 Å². The normalized spacial score (nSPS) is 5.00. The Morgan fingerprint density at radius 2 is 1.67 bits per heavy atom. The molecule has 0 aliphatic carbocycles. The van der Waals surface area contributed by atoms with E-state index in [1.165, 1.54) is 0 Å². The third-order valence-corrected chi connectivity index (χ3v) is 0. The van der Waals surface area contributed by atoms with E-state index in [0.29, 0.717) is 0 Å². The Balaban J connectivity index is 0. The van der Waals surface area contributed by atoms with Crippen molar-refractivity contribution >= 4 is 49.8 Å². The van der Waals surface area contributed by atoms with E-state index >= 15 is 0 Å². The van der Waals surface area contributed by atoms with Crippen LogP contribution >= 0.6 is 24.0 Å². The standard InChI is InChI=1S/CH3NO.2BrH.Pb/c2-1-3;;;/h1H,(H2,2,3);2*1H;/q;;;+2/p-2. The molecule has 0 atom stereocenters. The van der Waals surface area contributed by atoms with E-state index in [0.717, 1.165) is 0 Å². The Hall–Kier alpha value is 1.35. The van der Waals surface area contributed by atoms with Gasteiger partial charge in [0.1, 0.15) is 0 Å². The molecule has 0 rings (SSSR count). The van der Waals surface area contributed by atoms with Crippen LogP contribution < -0.4 is 5.73 Å². The number of carbonyl (C=O) groups is 1. The summed E-state index contributed by atoms with van der Waals surface area (Å²) in [5.74, 6) is 0. The van der Waals surface area contributed by atoms with Crippen LogP contribution in [-0.2, 0) is 4.79 Å². The number of carbonyl (C=O) groups excluding carboxylic acids is 1. The Kier molecular flexibility index (Phi) is 27.9. The van der Waals surface area contributed by atoms with Crippen molar-refractivity contribution in [3.05, 3.63) is 0 Å². The molecule has 0 fully saturated rings. The molecule has 0 aliphatic rings. The Labute approximate surface area is 59.7 Å². The summed E-state index contributed by atoms with van der Waals surface area (Å²) in [7, 11) is 0. The zero-order valence-electron chi connectivity index (χ0n) is 2.82. The van der Waals surface area contributed by atoms with Gasteiger partial charge in [-0.25, -0.2) is 0 Å². The topological polar surface area (TPSA) is 43.1 Å². The van der Waals surface area contributed by atoms with Crippen LogP contribution in [0.4, 0.5) is 0 Å². The molecule has 0 aliphatic heterocycles. The molecule has 0 unspecified atom stereocenters. The van der Waals surface area contributed by atoms with Crippen LogP contribution in [0.2, 0.25) is 0 Å². The van der Waals surface area contributed by atoms with Crippen molar-refractivity contribution in [1.82, 2.24) is 0 Å². The molecule has 0 aromatic carbocycles. The number of halogens is 2. The molecule has 0 heterocycles. The van der Waals surface area contributed by atoms with E-state index in [1.807, 2.05) is 0 Å². The van der Waals surface area contributed by atoms with Gasteiger partial charge >= 0.3 is 43.4 Å². The first kappa shape index (κ1) is 10.4. The minimum absolute atomic E-state index is 0.250. The van der Waals surface area contributed by atoms with Crippen molar-refractivity contribution in [2.24, 2.45) is 5.73 Å². The number of primary amides is 1. The first-order chi connectivity index (χ1) is 2.83. The van der Waals surface area contributed by atoms with Crippen LogP contribution in [0.15, 0.2) is 0 Å². The molecule has 5 heteroatoms. The van der Waals surface area contributed by atoms with Crippen LogP contribution in [-0.4, -0.2) is 25.8 Å². The first-order valence-electron chi connectivity index (χ1n) is 0.947. The van der Waals surface area contributed by atoms with Crippen molar-refractivity contribution in [3.63, 3.8) is 0 Å². The van der Waals surface area contributed by atoms with E-state index in [4.69, 9.17) is 4.79 Å². The van der Waals surface area contributed by atoms with E-state index in [1.54, 1.807) is 0 Å². The fourth-order valence-electron chi connectivity index (χ4n) is 0. The van der Waals surface area contributed by atoms with Gasteiger partial charge in [-0.1, -0.05) is 0 Å². The van der Waals surface area contributed by atoms with Crippen LogP contribution in [0.5, 0.6) is 0 Å². The second-order valence-corrected chi connectivity index (χ2v) is 17.1. The fraction of sp³-hybridized carbons (Fsp3) is 0. The van der Waals surface area contributed by atoms with Gasteiger partial charge in [0.2, 0.25) is 6.41 Å². The van der Waals surface area contributed by atoms with Crippen LogP contribution in [0.1, 0.15) is 0 Å². The fourth-order valence-corrected chi connectivity index (χ4v) is 0. The average Bonchev–Trinajstić information content (AvgIpc) is 1.39. The van der Waals surface area contributed by atoms with Gasteiger partial charge in [-0.15, -0.1) is 0 Å². The number of hydrogen-bond donors (Lipinski definition) is 1. The molecule has 0 aromatic heterocycles. The van der Waals surface area contributed by atoms with Crippen molar-refractivity contribution < 1.29 is 4.79 Å². The van der Waals surface area contributed by atoms with Gasteiger partial charge in [0.15, 0.2) is 0 Å². The van der Waals surface area contributed by atoms with Gasteiger partial charge in [-0.05, 0) is 0 Å². The molecular weight excluding hydrogens is 409 g/mol. The summed E-state index contributed by atoms with van der Waals surface area (Å²) in [5.41, 5.74) is 4.17. The second kappa shape index (κ2) is 16.2. The summed E-state index contributed by atoms with van der Waals surface area (Å²) in [5, 5.41) is 0. The third-order valence-electron chi connectivity index (χ3n) is 0. The van der Waals surface area contributed by atoms with Crippen molar-refractivity contribution in [1.29, 1.82) is 0 Å². The molecular formula is CH3Br2NOPb. The zero-order valence-corrected chi connectivity index (χ0v) is 9.88. The molecule has 0 spiro atoms. The van der Waals surface area contributed by atoms with Gasteiger partial charge in [0, 0.05) is 0 Å². The van der Waals surface area contributed by atoms with Gasteiger partial charge in [0.05, 0.1) is 0 Å². The predicted octanol–water partition coefficient (Wildman–Crippen LogP) is 0.412. The Bertz CT molecular complexity index is 27.5. The molecule has 2 radical (unpaired) electrons. The van der Waals surface area contributed by atoms with Crippen LogP contribution in [0, 0.1) is 0 Å². The van der Waals surface area contributed by atoms with Gasteiger partial charge < -0.3 is 5.73 Å². The SMILES string of the molecule is NC=O.[Br][Pb][Br]. The summed E-state index contributed by atoms with van der Waals surface area (Å²) >= 11 is 6.22. The number of rotatable bonds is 0. The summed E-state index contributed by atoms with van der Waals surface area (Å²) < 4.78 is 0. The number of hydrogen-bond acceptors (Lipinski definition) is 1. The van der Waals surface area contributed by atoms with E-state index in [-0.39, 0.29) is 25.8 Å². The Morgan fingerprint density at radius 1 is 1.67 bits per heavy atom. The summed E-state index contributed by atoms with van der Waals surface area (Å²) in [6.45, 7) is 0. The van der Waals surface area contributed by atoms with Crippen molar-refractivity contribution in [2.75, 3.05) is 0 Å². The molecule has 36 valence electrons. The maximum atomic E-state index is 8.58. The van der Waals surface area contributed by atoms with Gasteiger partial charge in [-0.3, -0.25) is 4.79 Å². The monoisotopic (exact) mass is 411 g/mol. The van der Waals surface area contributed by atoms with Crippen molar-refractivity contribution in [3.8, 4) is 0 Å². The Morgan fingerprint density at radius 3 is 1.67 bits per heavy atom. The second-order valence-electron chi connectivity index (χ2n) is 0.208. The molecule has 1 amide bonds. The molecule has 0 aromatic rings. The first-order valence-corrected chi connectivity index (χ1v) is 17.8. The van der Waals surface area contributed by atoms with E-state index < -0.39 is 0 Å². The average molecular weight is 412 g/mol. The molecule has 0 saturated heterocycles. The van der Waals surface area contributed by atoms with Gasteiger partial charge in [0.25, 0.3) is 0 Å². The molecule has 2 nitrogen and oxygen atoms in total. The van der Waals surface area contributed by atoms with Crippen molar-refractivity contribution in [2.45, 2.75) is 0 Å². The summed E-state index contributed by atoms with van der Waals surface area (Å²) in [6.07, 6.45) is 0.250. The molecule has 0 saturated carbocycles. The maximum absolute atomic E-state index is 8.58. The quantitative estimate of drug-likeness (QED) is 0.455. The minimum atomic E-state index is -0.292. The molecule has 2 N–H and O–H groups in total. The zero-order chi connectivity index (χ0) is 5.41. The van der Waals surface area contributed by atoms with Crippen LogP contribution in [0.25, 0.3) is 0 Å². The summed E-state index contributed by atoms with van der Waals surface area (Å²) in [4.78, 5) is 8.58. The van der Waals surface area contributed by atoms with Crippen LogP contribution in [0.3, 0.4) is 0 Å². The van der Waals surface area contributed by atoms with E-state index in [9.17, 15) is 0 Å².